The second kappa shape index (κ2) is 5.26. The molecule has 0 aliphatic carbocycles. The van der Waals surface area contributed by atoms with Gasteiger partial charge in [-0.25, -0.2) is 4.79 Å². The van der Waals surface area contributed by atoms with E-state index in [0.717, 1.165) is 50.0 Å². The van der Waals surface area contributed by atoms with Gasteiger partial charge in [-0.15, -0.1) is 0 Å². The molecule has 6 nitrogen and oxygen atoms in total. The summed E-state index contributed by atoms with van der Waals surface area (Å²) in [4.78, 5) is 14.7. The molecule has 2 amide bonds. The Hall–Kier alpha value is -1.56. The van der Waals surface area contributed by atoms with Crippen molar-refractivity contribution in [1.29, 1.82) is 0 Å². The predicted molar refractivity (Wildman–Crippen MR) is 81.6 cm³/mol. The van der Waals surface area contributed by atoms with E-state index in [4.69, 9.17) is 4.74 Å². The molecule has 0 radical (unpaired) electrons. The van der Waals surface area contributed by atoms with E-state index in [1.165, 1.54) is 5.56 Å². The third kappa shape index (κ3) is 2.20. The van der Waals surface area contributed by atoms with Gasteiger partial charge in [-0.05, 0) is 46.0 Å². The van der Waals surface area contributed by atoms with Crippen LogP contribution in [0.15, 0.2) is 0 Å². The van der Waals surface area contributed by atoms with Crippen LogP contribution >= 0.6 is 0 Å². The summed E-state index contributed by atoms with van der Waals surface area (Å²) in [5.41, 5.74) is 3.27. The first-order chi connectivity index (χ1) is 10.6. The summed E-state index contributed by atoms with van der Waals surface area (Å²) in [6.45, 7) is 4.87. The number of aromatic amines is 1. The fraction of sp³-hybridized carbons (Fsp3) is 0.750. The van der Waals surface area contributed by atoms with Crippen LogP contribution in [0, 0.1) is 13.8 Å². The van der Waals surface area contributed by atoms with E-state index in [1.54, 1.807) is 0 Å². The maximum Gasteiger partial charge on any atom is 0.318 e. The summed E-state index contributed by atoms with van der Waals surface area (Å²) in [5.74, 6) is 0. The number of rotatable bonds is 2. The second-order valence-electron chi connectivity index (χ2n) is 6.86. The van der Waals surface area contributed by atoms with E-state index < -0.39 is 0 Å². The molecule has 1 aromatic heterocycles. The third-order valence-corrected chi connectivity index (χ3v) is 5.45. The van der Waals surface area contributed by atoms with Gasteiger partial charge in [-0.3, -0.25) is 5.10 Å². The summed E-state index contributed by atoms with van der Waals surface area (Å²) >= 11 is 0. The van der Waals surface area contributed by atoms with E-state index in [9.17, 15) is 4.79 Å². The molecule has 6 heteroatoms. The number of hydrogen-bond acceptors (Lipinski definition) is 3. The molecule has 0 spiro atoms. The molecular formula is C16H24N4O2. The van der Waals surface area contributed by atoms with Crippen molar-refractivity contribution in [2.24, 2.45) is 0 Å². The summed E-state index contributed by atoms with van der Waals surface area (Å²) in [7, 11) is 0. The molecule has 22 heavy (non-hydrogen) atoms. The predicted octanol–water partition coefficient (Wildman–Crippen LogP) is 2.19. The number of hydrogen-bond donors (Lipinski definition) is 2. The first-order valence-corrected chi connectivity index (χ1v) is 8.37. The number of aryl methyl sites for hydroxylation is 2. The van der Waals surface area contributed by atoms with E-state index >= 15 is 0 Å². The number of amides is 2. The highest BCUT2D eigenvalue weighted by Gasteiger charge is 2.43. The van der Waals surface area contributed by atoms with Crippen LogP contribution in [0.2, 0.25) is 0 Å². The molecule has 4 heterocycles. The van der Waals surface area contributed by atoms with Gasteiger partial charge in [-0.2, -0.15) is 5.10 Å². The zero-order chi connectivity index (χ0) is 15.3. The summed E-state index contributed by atoms with van der Waals surface area (Å²) < 4.78 is 5.84. The zero-order valence-corrected chi connectivity index (χ0v) is 13.3. The molecule has 1 aromatic rings. The maximum absolute atomic E-state index is 12.7. The van der Waals surface area contributed by atoms with E-state index in [-0.39, 0.29) is 24.2 Å². The quantitative estimate of drug-likeness (QED) is 0.880. The van der Waals surface area contributed by atoms with E-state index in [1.807, 2.05) is 18.7 Å². The van der Waals surface area contributed by atoms with Gasteiger partial charge in [-0.1, -0.05) is 0 Å². The highest BCUT2D eigenvalue weighted by Crippen LogP contribution is 2.37. The van der Waals surface area contributed by atoms with Crippen LogP contribution in [0.3, 0.4) is 0 Å². The lowest BCUT2D eigenvalue weighted by Crippen LogP contribution is -2.48. The number of carbonyl (C=O) groups is 1. The largest absolute Gasteiger partial charge is 0.373 e. The second-order valence-corrected chi connectivity index (χ2v) is 6.86. The molecule has 4 unspecified atom stereocenters. The summed E-state index contributed by atoms with van der Waals surface area (Å²) in [6.07, 6.45) is 5.86. The number of ether oxygens (including phenoxy) is 1. The minimum Gasteiger partial charge on any atom is -0.373 e. The van der Waals surface area contributed by atoms with Gasteiger partial charge in [0, 0.05) is 17.8 Å². The lowest BCUT2D eigenvalue weighted by Gasteiger charge is -2.29. The van der Waals surface area contributed by atoms with Crippen molar-refractivity contribution in [1.82, 2.24) is 20.4 Å². The molecule has 3 aliphatic rings. The number of nitrogens with one attached hydrogen (secondary N) is 2. The van der Waals surface area contributed by atoms with Gasteiger partial charge in [0.15, 0.2) is 0 Å². The van der Waals surface area contributed by atoms with Crippen LogP contribution < -0.4 is 5.32 Å². The van der Waals surface area contributed by atoms with Crippen LogP contribution in [0.25, 0.3) is 0 Å². The molecule has 0 saturated carbocycles. The van der Waals surface area contributed by atoms with Crippen molar-refractivity contribution < 1.29 is 9.53 Å². The smallest absolute Gasteiger partial charge is 0.318 e. The minimum atomic E-state index is 0.0589. The highest BCUT2D eigenvalue weighted by molar-refractivity contribution is 5.75. The summed E-state index contributed by atoms with van der Waals surface area (Å²) in [5, 5.41) is 10.5. The molecule has 3 fully saturated rings. The normalized spacial score (nSPS) is 33.6. The first kappa shape index (κ1) is 14.1. The molecule has 0 aromatic carbocycles. The van der Waals surface area contributed by atoms with Crippen molar-refractivity contribution >= 4 is 6.03 Å². The number of aromatic nitrogens is 2. The number of H-pyrrole nitrogens is 1. The number of likely N-dealkylation sites (tertiary alicyclic amines) is 1. The van der Waals surface area contributed by atoms with Crippen LogP contribution in [-0.4, -0.2) is 45.9 Å². The van der Waals surface area contributed by atoms with Crippen molar-refractivity contribution in [3.63, 3.8) is 0 Å². The Kier molecular flexibility index (Phi) is 3.36. The van der Waals surface area contributed by atoms with Gasteiger partial charge < -0.3 is 15.0 Å². The van der Waals surface area contributed by atoms with Gasteiger partial charge in [0.25, 0.3) is 0 Å². The third-order valence-electron chi connectivity index (χ3n) is 5.45. The molecule has 4 atom stereocenters. The average molecular weight is 304 g/mol. The van der Waals surface area contributed by atoms with E-state index in [2.05, 4.69) is 15.5 Å². The first-order valence-electron chi connectivity index (χ1n) is 8.37. The Morgan fingerprint density at radius 3 is 2.86 bits per heavy atom. The fourth-order valence-electron chi connectivity index (χ4n) is 4.39. The number of nitrogens with zero attached hydrogens (tertiary/aromatic N) is 2. The fourth-order valence-corrected chi connectivity index (χ4v) is 4.39. The Bertz CT molecular complexity index is 565. The van der Waals surface area contributed by atoms with Crippen molar-refractivity contribution in [2.45, 2.75) is 70.2 Å². The Labute approximate surface area is 130 Å². The van der Waals surface area contributed by atoms with Crippen molar-refractivity contribution in [3.05, 3.63) is 17.0 Å². The number of carbonyl (C=O) groups excluding carboxylic acids is 1. The number of urea groups is 1. The molecule has 2 bridgehead atoms. The standard InChI is InChI=1S/C16H24N4O2/c1-9-15(10(2)19-18-9)13-4-3-7-20(13)16(21)17-12-8-11-5-6-14(12)22-11/h11-14H,3-8H2,1-2H3,(H,17,21)(H,18,19). The number of fused-ring (bicyclic) bond motifs is 2. The van der Waals surface area contributed by atoms with Gasteiger partial charge in [0.05, 0.1) is 30.0 Å². The van der Waals surface area contributed by atoms with Crippen LogP contribution in [0.1, 0.15) is 55.1 Å². The van der Waals surface area contributed by atoms with Crippen LogP contribution in [0.4, 0.5) is 4.79 Å². The molecule has 2 N–H and O–H groups in total. The summed E-state index contributed by atoms with van der Waals surface area (Å²) in [6, 6.07) is 0.404. The van der Waals surface area contributed by atoms with Crippen molar-refractivity contribution in [3.8, 4) is 0 Å². The van der Waals surface area contributed by atoms with Gasteiger partial charge in [0.1, 0.15) is 0 Å². The Balaban J connectivity index is 1.48. The average Bonchev–Trinajstić information content (AvgIpc) is 3.23. The van der Waals surface area contributed by atoms with Gasteiger partial charge in [0.2, 0.25) is 0 Å². The Morgan fingerprint density at radius 1 is 1.36 bits per heavy atom. The molecule has 4 rings (SSSR count). The molecule has 120 valence electrons. The topological polar surface area (TPSA) is 70.2 Å². The lowest BCUT2D eigenvalue weighted by atomic mass is 9.95. The SMILES string of the molecule is Cc1n[nH]c(C)c1C1CCCN1C(=O)NC1CC2CCC1O2. The molecule has 3 aliphatic heterocycles. The molecule has 3 saturated heterocycles. The highest BCUT2D eigenvalue weighted by atomic mass is 16.5. The van der Waals surface area contributed by atoms with Crippen LogP contribution in [0.5, 0.6) is 0 Å². The van der Waals surface area contributed by atoms with Gasteiger partial charge >= 0.3 is 6.03 Å². The zero-order valence-electron chi connectivity index (χ0n) is 13.3. The minimum absolute atomic E-state index is 0.0589. The Morgan fingerprint density at radius 2 is 2.23 bits per heavy atom. The molecular weight excluding hydrogens is 280 g/mol. The van der Waals surface area contributed by atoms with E-state index in [0.29, 0.717) is 6.10 Å². The maximum atomic E-state index is 12.7. The monoisotopic (exact) mass is 304 g/mol. The van der Waals surface area contributed by atoms with Crippen LogP contribution in [-0.2, 0) is 4.74 Å². The lowest BCUT2D eigenvalue weighted by molar-refractivity contribution is 0.0968. The van der Waals surface area contributed by atoms with Crippen molar-refractivity contribution in [2.75, 3.05) is 6.54 Å².